The number of nitrogens with zero attached hydrogens (tertiary/aromatic N) is 1. The molecule has 124 valence electrons. The molecule has 1 atom stereocenters. The van der Waals surface area contributed by atoms with E-state index in [0.717, 1.165) is 6.42 Å². The maximum absolute atomic E-state index is 13.3. The zero-order chi connectivity index (χ0) is 17.3. The van der Waals surface area contributed by atoms with Gasteiger partial charge < -0.3 is 4.42 Å². The van der Waals surface area contributed by atoms with Crippen LogP contribution < -0.4 is 0 Å². The van der Waals surface area contributed by atoms with Crippen LogP contribution >= 0.6 is 24.0 Å². The van der Waals surface area contributed by atoms with Gasteiger partial charge in [0.25, 0.3) is 5.91 Å². The number of thiocarbonyl (C=S) groups is 1. The van der Waals surface area contributed by atoms with Gasteiger partial charge in [0, 0.05) is 17.7 Å². The van der Waals surface area contributed by atoms with E-state index in [1.807, 2.05) is 13.8 Å². The van der Waals surface area contributed by atoms with E-state index in [-0.39, 0.29) is 17.8 Å². The number of halogens is 1. The minimum atomic E-state index is -0.320. The summed E-state index contributed by atoms with van der Waals surface area (Å²) in [5.74, 6) is 0.681. The molecule has 0 radical (unpaired) electrons. The lowest BCUT2D eigenvalue weighted by Crippen LogP contribution is -2.36. The lowest BCUT2D eigenvalue weighted by atomic mass is 10.2. The van der Waals surface area contributed by atoms with Crippen molar-refractivity contribution in [3.05, 3.63) is 52.9 Å². The maximum atomic E-state index is 13.3. The Labute approximate surface area is 149 Å². The van der Waals surface area contributed by atoms with Gasteiger partial charge in [-0.3, -0.25) is 9.69 Å². The Morgan fingerprint density at radius 2 is 2.17 bits per heavy atom. The van der Waals surface area contributed by atoms with Crippen molar-refractivity contribution < 1.29 is 13.6 Å². The second-order valence-corrected chi connectivity index (χ2v) is 7.20. The van der Waals surface area contributed by atoms with Gasteiger partial charge in [0.15, 0.2) is 0 Å². The average Bonchev–Trinajstić information content (AvgIpc) is 3.12. The van der Waals surface area contributed by atoms with Gasteiger partial charge in [-0.15, -0.1) is 0 Å². The molecule has 1 aromatic carbocycles. The highest BCUT2D eigenvalue weighted by atomic mass is 32.2. The second kappa shape index (κ2) is 6.91. The molecular formula is C18H16FNO2S2. The Kier molecular flexibility index (Phi) is 4.87. The first-order chi connectivity index (χ1) is 11.5. The number of furan rings is 1. The molecule has 2 aromatic rings. The molecule has 0 saturated carbocycles. The lowest BCUT2D eigenvalue weighted by Gasteiger charge is -2.21. The Morgan fingerprint density at radius 3 is 2.88 bits per heavy atom. The van der Waals surface area contributed by atoms with Crippen LogP contribution in [-0.4, -0.2) is 21.2 Å². The number of carbonyl (C=O) groups excluding carboxylic acids is 1. The number of benzene rings is 1. The topological polar surface area (TPSA) is 33.5 Å². The van der Waals surface area contributed by atoms with E-state index in [1.165, 1.54) is 23.9 Å². The molecule has 1 saturated heterocycles. The summed E-state index contributed by atoms with van der Waals surface area (Å²) in [5.41, 5.74) is 0.654. The summed E-state index contributed by atoms with van der Waals surface area (Å²) in [6.07, 6.45) is 2.52. The lowest BCUT2D eigenvalue weighted by molar-refractivity contribution is -0.123. The average molecular weight is 361 g/mol. The zero-order valence-corrected chi connectivity index (χ0v) is 14.9. The van der Waals surface area contributed by atoms with Crippen molar-refractivity contribution >= 4 is 40.3 Å². The van der Waals surface area contributed by atoms with Crippen LogP contribution in [0, 0.1) is 5.82 Å². The zero-order valence-electron chi connectivity index (χ0n) is 13.3. The van der Waals surface area contributed by atoms with E-state index in [9.17, 15) is 9.18 Å². The van der Waals surface area contributed by atoms with E-state index < -0.39 is 0 Å². The van der Waals surface area contributed by atoms with Crippen molar-refractivity contribution in [3.63, 3.8) is 0 Å². The molecule has 1 fully saturated rings. The van der Waals surface area contributed by atoms with Gasteiger partial charge in [0.05, 0.1) is 4.91 Å². The third-order valence-corrected chi connectivity index (χ3v) is 5.19. The summed E-state index contributed by atoms with van der Waals surface area (Å²) in [7, 11) is 0. The monoisotopic (exact) mass is 361 g/mol. The summed E-state index contributed by atoms with van der Waals surface area (Å²) in [6, 6.07) is 9.78. The summed E-state index contributed by atoms with van der Waals surface area (Å²) >= 11 is 6.58. The molecule has 0 unspecified atom stereocenters. The van der Waals surface area contributed by atoms with Crippen molar-refractivity contribution in [3.8, 4) is 11.3 Å². The quantitative estimate of drug-likeness (QED) is 0.561. The summed E-state index contributed by atoms with van der Waals surface area (Å²) in [5, 5.41) is 0. The highest BCUT2D eigenvalue weighted by Crippen LogP contribution is 2.35. The van der Waals surface area contributed by atoms with Crippen LogP contribution in [0.15, 0.2) is 45.7 Å². The van der Waals surface area contributed by atoms with Gasteiger partial charge in [-0.1, -0.05) is 43.0 Å². The number of hydrogen-bond donors (Lipinski definition) is 0. The minimum Gasteiger partial charge on any atom is -0.457 e. The number of amides is 1. The van der Waals surface area contributed by atoms with Crippen molar-refractivity contribution in [2.24, 2.45) is 0 Å². The summed E-state index contributed by atoms with van der Waals surface area (Å²) < 4.78 is 19.6. The fraction of sp³-hybridized carbons (Fsp3) is 0.222. The van der Waals surface area contributed by atoms with Crippen molar-refractivity contribution in [2.75, 3.05) is 0 Å². The van der Waals surface area contributed by atoms with Gasteiger partial charge in [-0.25, -0.2) is 4.39 Å². The van der Waals surface area contributed by atoms with E-state index in [1.54, 1.807) is 35.2 Å². The Hall–Kier alpha value is -1.92. The van der Waals surface area contributed by atoms with Crippen LogP contribution in [0.1, 0.15) is 26.0 Å². The number of thioether (sulfide) groups is 1. The van der Waals surface area contributed by atoms with Crippen LogP contribution in [0.5, 0.6) is 0 Å². The number of carbonyl (C=O) groups is 1. The molecule has 1 aliphatic rings. The maximum Gasteiger partial charge on any atom is 0.266 e. The van der Waals surface area contributed by atoms with Crippen LogP contribution in [-0.2, 0) is 4.79 Å². The minimum absolute atomic E-state index is 0.0721. The predicted molar refractivity (Wildman–Crippen MR) is 98.9 cm³/mol. The third kappa shape index (κ3) is 3.30. The molecule has 1 aliphatic heterocycles. The molecule has 0 N–H and O–H groups in total. The largest absolute Gasteiger partial charge is 0.457 e. The highest BCUT2D eigenvalue weighted by Gasteiger charge is 2.34. The number of rotatable bonds is 4. The Morgan fingerprint density at radius 1 is 1.38 bits per heavy atom. The van der Waals surface area contributed by atoms with E-state index >= 15 is 0 Å². The molecule has 0 aliphatic carbocycles. The van der Waals surface area contributed by atoms with Gasteiger partial charge in [0.2, 0.25) is 0 Å². The van der Waals surface area contributed by atoms with Crippen molar-refractivity contribution in [1.29, 1.82) is 0 Å². The normalized spacial score (nSPS) is 17.8. The smallest absolute Gasteiger partial charge is 0.266 e. The van der Waals surface area contributed by atoms with E-state index in [4.69, 9.17) is 16.6 Å². The first-order valence-electron chi connectivity index (χ1n) is 7.62. The van der Waals surface area contributed by atoms with E-state index in [2.05, 4.69) is 0 Å². The van der Waals surface area contributed by atoms with Crippen LogP contribution in [0.25, 0.3) is 17.4 Å². The molecule has 2 heterocycles. The second-order valence-electron chi connectivity index (χ2n) is 5.52. The molecule has 3 nitrogen and oxygen atoms in total. The van der Waals surface area contributed by atoms with Crippen molar-refractivity contribution in [2.45, 2.75) is 26.3 Å². The molecule has 3 rings (SSSR count). The standard InChI is InChI=1S/C18H16FNO2S2/c1-3-11(2)20-17(21)16(24-18(20)23)10-14-7-8-15(22-14)12-5-4-6-13(19)9-12/h4-11H,3H2,1-2H3/b16-10+/t11-/m0/s1. The Balaban J connectivity index is 1.85. The SMILES string of the molecule is CC[C@H](C)N1C(=O)/C(=C\c2ccc(-c3cccc(F)c3)o2)SC1=S. The first kappa shape index (κ1) is 16.9. The fourth-order valence-corrected chi connectivity index (χ4v) is 3.84. The third-order valence-electron chi connectivity index (χ3n) is 3.86. The molecular weight excluding hydrogens is 345 g/mol. The summed E-state index contributed by atoms with van der Waals surface area (Å²) in [6.45, 7) is 3.99. The molecule has 6 heteroatoms. The molecule has 0 bridgehead atoms. The molecule has 24 heavy (non-hydrogen) atoms. The molecule has 1 aromatic heterocycles. The van der Waals surface area contributed by atoms with Gasteiger partial charge in [-0.2, -0.15) is 0 Å². The van der Waals surface area contributed by atoms with Gasteiger partial charge >= 0.3 is 0 Å². The summed E-state index contributed by atoms with van der Waals surface area (Å²) in [4.78, 5) is 14.7. The van der Waals surface area contributed by atoms with Crippen LogP contribution in [0.2, 0.25) is 0 Å². The Bertz CT molecular complexity index is 828. The van der Waals surface area contributed by atoms with Gasteiger partial charge in [-0.05, 0) is 37.6 Å². The predicted octanol–water partition coefficient (Wildman–Crippen LogP) is 5.09. The van der Waals surface area contributed by atoms with Crippen molar-refractivity contribution in [1.82, 2.24) is 4.90 Å². The van der Waals surface area contributed by atoms with E-state index in [0.29, 0.717) is 26.3 Å². The molecule has 1 amide bonds. The van der Waals surface area contributed by atoms with Crippen LogP contribution in [0.3, 0.4) is 0 Å². The highest BCUT2D eigenvalue weighted by molar-refractivity contribution is 8.26. The fourth-order valence-electron chi connectivity index (χ4n) is 2.40. The van der Waals surface area contributed by atoms with Crippen LogP contribution in [0.4, 0.5) is 4.39 Å². The first-order valence-corrected chi connectivity index (χ1v) is 8.85. The molecule has 0 spiro atoms. The number of hydrogen-bond acceptors (Lipinski definition) is 4. The van der Waals surface area contributed by atoms with Gasteiger partial charge in [0.1, 0.15) is 21.7 Å².